The maximum Gasteiger partial charge on any atom is 0.236 e. The molecule has 1 aliphatic heterocycles. The molecule has 2 saturated carbocycles. The van der Waals surface area contributed by atoms with Crippen molar-refractivity contribution >= 4 is 5.91 Å². The van der Waals surface area contributed by atoms with E-state index in [4.69, 9.17) is 4.74 Å². The Bertz CT molecular complexity index is 374. The zero-order valence-electron chi connectivity index (χ0n) is 13.0. The van der Waals surface area contributed by atoms with Crippen LogP contribution in [0.2, 0.25) is 0 Å². The van der Waals surface area contributed by atoms with Crippen molar-refractivity contribution in [3.05, 3.63) is 0 Å². The summed E-state index contributed by atoms with van der Waals surface area (Å²) in [7, 11) is 0. The van der Waals surface area contributed by atoms with Crippen LogP contribution in [0.4, 0.5) is 0 Å². The molecule has 0 radical (unpaired) electrons. The predicted octanol–water partition coefficient (Wildman–Crippen LogP) is 0.764. The first-order valence-corrected chi connectivity index (χ1v) is 8.44. The van der Waals surface area contributed by atoms with Crippen LogP contribution < -0.4 is 5.32 Å². The number of carbonyl (C=O) groups is 1. The van der Waals surface area contributed by atoms with Crippen molar-refractivity contribution in [3.63, 3.8) is 0 Å². The monoisotopic (exact) mass is 296 g/mol. The molecule has 0 bridgehead atoms. The number of rotatable bonds is 6. The van der Waals surface area contributed by atoms with E-state index in [0.29, 0.717) is 13.2 Å². The van der Waals surface area contributed by atoms with E-state index in [9.17, 15) is 9.90 Å². The van der Waals surface area contributed by atoms with Gasteiger partial charge in [0.2, 0.25) is 5.91 Å². The Hall–Kier alpha value is -0.650. The van der Waals surface area contributed by atoms with Crippen LogP contribution >= 0.6 is 0 Å². The van der Waals surface area contributed by atoms with Crippen molar-refractivity contribution < 1.29 is 14.6 Å². The summed E-state index contributed by atoms with van der Waals surface area (Å²) in [6, 6.07) is 0. The molecule has 2 N–H and O–H groups in total. The van der Waals surface area contributed by atoms with Gasteiger partial charge in [0, 0.05) is 31.5 Å². The van der Waals surface area contributed by atoms with Crippen LogP contribution in [0.25, 0.3) is 0 Å². The van der Waals surface area contributed by atoms with Gasteiger partial charge in [-0.25, -0.2) is 0 Å². The van der Waals surface area contributed by atoms with Gasteiger partial charge in [0.1, 0.15) is 0 Å². The standard InChI is InChI=1S/C16H28N2O3/c1-2-21-14-9-13(19)16(14)5-7-18(8-6-16)15(20)11-17-10-12-3-4-12/h12-14,17,19H,2-11H2,1H3. The predicted molar refractivity (Wildman–Crippen MR) is 79.9 cm³/mol. The Morgan fingerprint density at radius 3 is 2.67 bits per heavy atom. The van der Waals surface area contributed by atoms with E-state index in [0.717, 1.165) is 44.8 Å². The second kappa shape index (κ2) is 6.23. The van der Waals surface area contributed by atoms with Gasteiger partial charge in [0.15, 0.2) is 0 Å². The molecule has 5 heteroatoms. The fourth-order valence-electron chi connectivity index (χ4n) is 3.81. The summed E-state index contributed by atoms with van der Waals surface area (Å²) < 4.78 is 5.76. The van der Waals surface area contributed by atoms with Gasteiger partial charge < -0.3 is 20.1 Å². The SMILES string of the molecule is CCOC1CC(O)C12CCN(C(=O)CNCC1CC1)CC2. The number of ether oxygens (including phenoxy) is 1. The number of nitrogens with one attached hydrogen (secondary N) is 1. The Morgan fingerprint density at radius 2 is 2.10 bits per heavy atom. The third-order valence-corrected chi connectivity index (χ3v) is 5.56. The fraction of sp³-hybridized carbons (Fsp3) is 0.938. The maximum absolute atomic E-state index is 12.2. The van der Waals surface area contributed by atoms with Gasteiger partial charge in [-0.2, -0.15) is 0 Å². The lowest BCUT2D eigenvalue weighted by molar-refractivity contribution is -0.209. The number of amides is 1. The van der Waals surface area contributed by atoms with E-state index in [1.807, 2.05) is 11.8 Å². The molecular weight excluding hydrogens is 268 g/mol. The van der Waals surface area contributed by atoms with Gasteiger partial charge in [-0.3, -0.25) is 4.79 Å². The van der Waals surface area contributed by atoms with Crippen LogP contribution in [0.1, 0.15) is 39.0 Å². The Kier molecular flexibility index (Phi) is 4.52. The smallest absolute Gasteiger partial charge is 0.236 e. The van der Waals surface area contributed by atoms with Gasteiger partial charge >= 0.3 is 0 Å². The highest BCUT2D eigenvalue weighted by atomic mass is 16.5. The summed E-state index contributed by atoms with van der Waals surface area (Å²) in [6.45, 7) is 5.65. The molecule has 1 saturated heterocycles. The summed E-state index contributed by atoms with van der Waals surface area (Å²) in [5.74, 6) is 1.01. The lowest BCUT2D eigenvalue weighted by Crippen LogP contribution is -2.63. The summed E-state index contributed by atoms with van der Waals surface area (Å²) >= 11 is 0. The quantitative estimate of drug-likeness (QED) is 0.760. The van der Waals surface area contributed by atoms with E-state index in [1.54, 1.807) is 0 Å². The first-order valence-electron chi connectivity index (χ1n) is 8.44. The molecule has 1 spiro atoms. The highest BCUT2D eigenvalue weighted by Crippen LogP contribution is 2.50. The Labute approximate surface area is 127 Å². The third-order valence-electron chi connectivity index (χ3n) is 5.56. The van der Waals surface area contributed by atoms with Crippen LogP contribution in [0.5, 0.6) is 0 Å². The lowest BCUT2D eigenvalue weighted by Gasteiger charge is -2.56. The largest absolute Gasteiger partial charge is 0.392 e. The minimum Gasteiger partial charge on any atom is -0.392 e. The van der Waals surface area contributed by atoms with Crippen molar-refractivity contribution in [2.24, 2.45) is 11.3 Å². The maximum atomic E-state index is 12.2. The molecule has 0 aromatic carbocycles. The van der Waals surface area contributed by atoms with E-state index in [1.165, 1.54) is 12.8 Å². The van der Waals surface area contributed by atoms with E-state index >= 15 is 0 Å². The normalized spacial score (nSPS) is 31.2. The fourth-order valence-corrected chi connectivity index (χ4v) is 3.81. The molecule has 2 unspecified atom stereocenters. The number of hydrogen-bond donors (Lipinski definition) is 2. The van der Waals surface area contributed by atoms with Gasteiger partial charge in [0.25, 0.3) is 0 Å². The van der Waals surface area contributed by atoms with Crippen LogP contribution in [0.15, 0.2) is 0 Å². The van der Waals surface area contributed by atoms with E-state index in [2.05, 4.69) is 5.32 Å². The molecule has 1 amide bonds. The summed E-state index contributed by atoms with van der Waals surface area (Å²) in [6.07, 6.45) is 5.04. The Balaban J connectivity index is 1.44. The first kappa shape index (κ1) is 15.3. The summed E-state index contributed by atoms with van der Waals surface area (Å²) in [5, 5.41) is 13.4. The van der Waals surface area contributed by atoms with Crippen molar-refractivity contribution in [2.45, 2.75) is 51.2 Å². The van der Waals surface area contributed by atoms with E-state index < -0.39 is 0 Å². The van der Waals surface area contributed by atoms with Crippen LogP contribution in [-0.4, -0.2) is 60.9 Å². The molecule has 120 valence electrons. The number of nitrogens with zero attached hydrogens (tertiary/aromatic N) is 1. The molecule has 2 aliphatic carbocycles. The molecule has 1 heterocycles. The highest BCUT2D eigenvalue weighted by Gasteiger charge is 2.56. The summed E-state index contributed by atoms with van der Waals surface area (Å²) in [4.78, 5) is 14.1. The average molecular weight is 296 g/mol. The van der Waals surface area contributed by atoms with Crippen LogP contribution in [0, 0.1) is 11.3 Å². The highest BCUT2D eigenvalue weighted by molar-refractivity contribution is 5.78. The number of carbonyl (C=O) groups excluding carboxylic acids is 1. The minimum atomic E-state index is -0.251. The number of aliphatic hydroxyl groups excluding tert-OH is 1. The van der Waals surface area contributed by atoms with Gasteiger partial charge in [-0.1, -0.05) is 0 Å². The second-order valence-electron chi connectivity index (χ2n) is 6.88. The molecular formula is C16H28N2O3. The number of piperidine rings is 1. The van der Waals surface area contributed by atoms with Crippen molar-refractivity contribution in [1.82, 2.24) is 10.2 Å². The topological polar surface area (TPSA) is 61.8 Å². The van der Waals surface area contributed by atoms with Gasteiger partial charge in [-0.05, 0) is 45.1 Å². The number of aliphatic hydroxyl groups is 1. The average Bonchev–Trinajstić information content (AvgIpc) is 3.31. The van der Waals surface area contributed by atoms with Crippen LogP contribution in [-0.2, 0) is 9.53 Å². The Morgan fingerprint density at radius 1 is 1.38 bits per heavy atom. The molecule has 21 heavy (non-hydrogen) atoms. The number of likely N-dealkylation sites (tertiary alicyclic amines) is 1. The zero-order valence-corrected chi connectivity index (χ0v) is 13.0. The third kappa shape index (κ3) is 3.10. The molecule has 0 aromatic heterocycles. The van der Waals surface area contributed by atoms with Crippen molar-refractivity contribution in [1.29, 1.82) is 0 Å². The van der Waals surface area contributed by atoms with E-state index in [-0.39, 0.29) is 23.5 Å². The molecule has 3 fully saturated rings. The first-order chi connectivity index (χ1) is 10.2. The molecule has 0 aromatic rings. The molecule has 3 aliphatic rings. The number of hydrogen-bond acceptors (Lipinski definition) is 4. The van der Waals surface area contributed by atoms with Gasteiger partial charge in [0.05, 0.1) is 18.8 Å². The van der Waals surface area contributed by atoms with Crippen LogP contribution in [0.3, 0.4) is 0 Å². The lowest BCUT2D eigenvalue weighted by atomic mass is 9.58. The van der Waals surface area contributed by atoms with Gasteiger partial charge in [-0.15, -0.1) is 0 Å². The van der Waals surface area contributed by atoms with Crippen molar-refractivity contribution in [3.8, 4) is 0 Å². The summed E-state index contributed by atoms with van der Waals surface area (Å²) in [5.41, 5.74) is -0.0891. The second-order valence-corrected chi connectivity index (χ2v) is 6.88. The zero-order chi connectivity index (χ0) is 14.9. The van der Waals surface area contributed by atoms with Crippen molar-refractivity contribution in [2.75, 3.05) is 32.8 Å². The molecule has 2 atom stereocenters. The minimum absolute atomic E-state index is 0.0891. The molecule has 5 nitrogen and oxygen atoms in total. The molecule has 3 rings (SSSR count).